The van der Waals surface area contributed by atoms with Crippen molar-refractivity contribution < 1.29 is 13.5 Å². The van der Waals surface area contributed by atoms with Gasteiger partial charge in [0, 0.05) is 27.2 Å². The maximum absolute atomic E-state index is 14.1. The lowest BCUT2D eigenvalue weighted by atomic mass is 10.0. The van der Waals surface area contributed by atoms with Crippen molar-refractivity contribution >= 4 is 43.5 Å². The zero-order valence-electron chi connectivity index (χ0n) is 10.3. The summed E-state index contributed by atoms with van der Waals surface area (Å²) in [6.45, 7) is 0. The summed E-state index contributed by atoms with van der Waals surface area (Å²) >= 11 is 12.7. The Morgan fingerprint density at radius 1 is 1.15 bits per heavy atom. The molecule has 0 aliphatic heterocycles. The van der Waals surface area contributed by atoms with Gasteiger partial charge in [0.1, 0.15) is 17.4 Å². The highest BCUT2D eigenvalue weighted by Gasteiger charge is 2.23. The minimum Gasteiger partial charge on any atom is -0.497 e. The highest BCUT2D eigenvalue weighted by molar-refractivity contribution is 9.10. The largest absolute Gasteiger partial charge is 0.497 e. The topological polar surface area (TPSA) is 9.23 Å². The lowest BCUT2D eigenvalue weighted by Gasteiger charge is -2.15. The average Bonchev–Trinajstić information content (AvgIpc) is 2.40. The number of halogens is 5. The molecule has 1 unspecified atom stereocenters. The van der Waals surface area contributed by atoms with Crippen LogP contribution in [0.4, 0.5) is 8.78 Å². The predicted molar refractivity (Wildman–Crippen MR) is 82.8 cm³/mol. The molecule has 0 saturated carbocycles. The van der Waals surface area contributed by atoms with Crippen LogP contribution in [0.2, 0.25) is 5.02 Å². The average molecular weight is 426 g/mol. The van der Waals surface area contributed by atoms with E-state index in [-0.39, 0.29) is 11.3 Å². The molecule has 0 aromatic heterocycles. The van der Waals surface area contributed by atoms with Gasteiger partial charge >= 0.3 is 0 Å². The van der Waals surface area contributed by atoms with Crippen molar-refractivity contribution in [3.05, 3.63) is 62.6 Å². The molecule has 0 fully saturated rings. The molecule has 1 atom stereocenters. The maximum Gasteiger partial charge on any atom is 0.134 e. The molecule has 6 heteroatoms. The lowest BCUT2D eigenvalue weighted by molar-refractivity contribution is 0.405. The SMILES string of the molecule is COc1cc(F)c(C(Br)c2cc(Br)ccc2Cl)c(F)c1. The van der Waals surface area contributed by atoms with Crippen LogP contribution in [-0.4, -0.2) is 7.11 Å². The number of hydrogen-bond acceptors (Lipinski definition) is 1. The molecule has 0 saturated heterocycles. The molecule has 20 heavy (non-hydrogen) atoms. The van der Waals surface area contributed by atoms with E-state index in [0.717, 1.165) is 16.6 Å². The standard InChI is InChI=1S/C14H9Br2ClF2O/c1-20-8-5-11(18)13(12(19)6-8)14(16)9-4-7(15)2-3-10(9)17/h2-6,14H,1H3. The van der Waals surface area contributed by atoms with Crippen molar-refractivity contribution in [1.82, 2.24) is 0 Å². The van der Waals surface area contributed by atoms with Gasteiger partial charge in [-0.05, 0) is 23.8 Å². The van der Waals surface area contributed by atoms with E-state index in [0.29, 0.717) is 10.6 Å². The summed E-state index contributed by atoms with van der Waals surface area (Å²) in [5, 5.41) is 0.421. The molecule has 0 bridgehead atoms. The Morgan fingerprint density at radius 3 is 2.30 bits per heavy atom. The van der Waals surface area contributed by atoms with E-state index in [1.54, 1.807) is 18.2 Å². The van der Waals surface area contributed by atoms with Gasteiger partial charge in [-0.15, -0.1) is 0 Å². The summed E-state index contributed by atoms with van der Waals surface area (Å²) in [5.41, 5.74) is 0.467. The van der Waals surface area contributed by atoms with Gasteiger partial charge in [-0.2, -0.15) is 0 Å². The summed E-state index contributed by atoms with van der Waals surface area (Å²) in [6.07, 6.45) is 0. The van der Waals surface area contributed by atoms with Gasteiger partial charge in [-0.3, -0.25) is 0 Å². The Labute approximate surface area is 137 Å². The van der Waals surface area contributed by atoms with Gasteiger partial charge in [0.2, 0.25) is 0 Å². The van der Waals surface area contributed by atoms with Gasteiger partial charge in [0.25, 0.3) is 0 Å². The Kier molecular flexibility index (Phi) is 5.04. The van der Waals surface area contributed by atoms with E-state index in [1.807, 2.05) is 0 Å². The number of benzene rings is 2. The van der Waals surface area contributed by atoms with Crippen LogP contribution in [0.5, 0.6) is 5.75 Å². The molecule has 2 rings (SSSR count). The quantitative estimate of drug-likeness (QED) is 0.558. The summed E-state index contributed by atoms with van der Waals surface area (Å²) in [4.78, 5) is -0.696. The van der Waals surface area contributed by atoms with Crippen LogP contribution >= 0.6 is 43.5 Å². The molecular weight excluding hydrogens is 417 g/mol. The molecule has 2 aromatic carbocycles. The molecule has 0 amide bonds. The van der Waals surface area contributed by atoms with E-state index in [2.05, 4.69) is 31.9 Å². The third kappa shape index (κ3) is 3.15. The molecule has 0 radical (unpaired) electrons. The van der Waals surface area contributed by atoms with Gasteiger partial charge in [-0.1, -0.05) is 43.5 Å². The Bertz CT molecular complexity index is 626. The second kappa shape index (κ2) is 6.41. The summed E-state index contributed by atoms with van der Waals surface area (Å²) in [7, 11) is 1.35. The van der Waals surface area contributed by atoms with Crippen LogP contribution < -0.4 is 4.74 Å². The molecule has 0 N–H and O–H groups in total. The highest BCUT2D eigenvalue weighted by atomic mass is 79.9. The fourth-order valence-corrected chi connectivity index (χ4v) is 3.34. The Balaban J connectivity index is 2.53. The van der Waals surface area contributed by atoms with Gasteiger partial charge in [-0.25, -0.2) is 8.78 Å². The van der Waals surface area contributed by atoms with E-state index >= 15 is 0 Å². The van der Waals surface area contributed by atoms with Gasteiger partial charge < -0.3 is 4.74 Å². The minimum atomic E-state index is -0.696. The monoisotopic (exact) mass is 424 g/mol. The van der Waals surface area contributed by atoms with Crippen molar-refractivity contribution in [3.8, 4) is 5.75 Å². The number of ether oxygens (including phenoxy) is 1. The fraction of sp³-hybridized carbons (Fsp3) is 0.143. The van der Waals surface area contributed by atoms with Crippen molar-refractivity contribution in [2.45, 2.75) is 4.83 Å². The molecular formula is C14H9Br2ClF2O. The van der Waals surface area contributed by atoms with E-state index in [1.165, 1.54) is 7.11 Å². The van der Waals surface area contributed by atoms with Crippen molar-refractivity contribution in [2.75, 3.05) is 7.11 Å². The molecule has 1 nitrogen and oxygen atoms in total. The predicted octanol–water partition coefficient (Wildman–Crippen LogP) is 5.87. The van der Waals surface area contributed by atoms with Crippen molar-refractivity contribution in [2.24, 2.45) is 0 Å². The molecule has 0 aliphatic rings. The van der Waals surface area contributed by atoms with Gasteiger partial charge in [0.15, 0.2) is 0 Å². The summed E-state index contributed by atoms with van der Waals surface area (Å²) < 4.78 is 33.7. The van der Waals surface area contributed by atoms with Crippen molar-refractivity contribution in [3.63, 3.8) is 0 Å². The maximum atomic E-state index is 14.1. The first kappa shape index (κ1) is 15.7. The Hall–Kier alpha value is -0.650. The molecule has 0 heterocycles. The summed E-state index contributed by atoms with van der Waals surface area (Å²) in [5.74, 6) is -1.26. The highest BCUT2D eigenvalue weighted by Crippen LogP contribution is 2.39. The van der Waals surface area contributed by atoms with Crippen LogP contribution in [-0.2, 0) is 0 Å². The second-order valence-corrected chi connectivity index (χ2v) is 6.27. The Morgan fingerprint density at radius 2 is 1.75 bits per heavy atom. The zero-order chi connectivity index (χ0) is 14.9. The van der Waals surface area contributed by atoms with E-state index < -0.39 is 16.5 Å². The first-order valence-corrected chi connectivity index (χ1v) is 7.64. The van der Waals surface area contributed by atoms with Crippen molar-refractivity contribution in [1.29, 1.82) is 0 Å². The third-order valence-electron chi connectivity index (χ3n) is 2.77. The number of alkyl halides is 1. The lowest BCUT2D eigenvalue weighted by Crippen LogP contribution is -2.02. The van der Waals surface area contributed by atoms with Crippen LogP contribution in [0.15, 0.2) is 34.8 Å². The first-order valence-electron chi connectivity index (χ1n) is 5.56. The van der Waals surface area contributed by atoms with E-state index in [9.17, 15) is 8.78 Å². The summed E-state index contributed by atoms with van der Waals surface area (Å²) in [6, 6.07) is 7.41. The van der Waals surface area contributed by atoms with E-state index in [4.69, 9.17) is 16.3 Å². The first-order chi connectivity index (χ1) is 9.43. The van der Waals surface area contributed by atoms with Crippen LogP contribution in [0.25, 0.3) is 0 Å². The minimum absolute atomic E-state index is 0.106. The number of hydrogen-bond donors (Lipinski definition) is 0. The molecule has 0 aliphatic carbocycles. The molecule has 106 valence electrons. The number of methoxy groups -OCH3 is 1. The van der Waals surface area contributed by atoms with Crippen LogP contribution in [0.3, 0.4) is 0 Å². The third-order valence-corrected chi connectivity index (χ3v) is 4.56. The fourth-order valence-electron chi connectivity index (χ4n) is 1.79. The number of rotatable bonds is 3. The second-order valence-electron chi connectivity index (χ2n) is 4.03. The van der Waals surface area contributed by atoms with Gasteiger partial charge in [0.05, 0.1) is 11.9 Å². The zero-order valence-corrected chi connectivity index (χ0v) is 14.2. The molecule has 0 spiro atoms. The normalized spacial score (nSPS) is 12.3. The van der Waals surface area contributed by atoms with Crippen LogP contribution in [0.1, 0.15) is 16.0 Å². The van der Waals surface area contributed by atoms with Crippen LogP contribution in [0, 0.1) is 11.6 Å². The molecule has 2 aromatic rings. The smallest absolute Gasteiger partial charge is 0.134 e.